The van der Waals surface area contributed by atoms with Gasteiger partial charge < -0.3 is 0 Å². The minimum absolute atomic E-state index is 0.292. The van der Waals surface area contributed by atoms with E-state index in [0.717, 1.165) is 11.8 Å². The summed E-state index contributed by atoms with van der Waals surface area (Å²) in [5.41, 5.74) is 2.94. The molecule has 0 radical (unpaired) electrons. The maximum atomic E-state index is 12.7. The Kier molecular flexibility index (Phi) is 3.32. The van der Waals surface area contributed by atoms with E-state index in [0.29, 0.717) is 11.5 Å². The Morgan fingerprint density at radius 3 is 2.68 bits per heavy atom. The normalized spacial score (nSPS) is 29.0. The molecule has 2 saturated carbocycles. The zero-order valence-corrected chi connectivity index (χ0v) is 10.7. The molecule has 1 N–H and O–H groups in total. The molecule has 3 atom stereocenters. The van der Waals surface area contributed by atoms with Crippen LogP contribution in [0.15, 0.2) is 29.4 Å². The van der Waals surface area contributed by atoms with Gasteiger partial charge >= 0.3 is 0 Å². The second-order valence-electron chi connectivity index (χ2n) is 5.56. The van der Waals surface area contributed by atoms with Gasteiger partial charge in [-0.25, -0.2) is 9.82 Å². The Bertz CT molecular complexity index is 497. The van der Waals surface area contributed by atoms with Crippen LogP contribution < -0.4 is 5.43 Å². The standard InChI is InChI=1S/C15H17FN2O/c16-14-5-3-11(4-6-14)15(19)18-17-9-13-8-10-1-2-12(13)7-10/h3-6,9-10,12-13H,1-2,7-8H2,(H,18,19)/b17-9+. The molecule has 4 heteroatoms. The molecule has 2 aliphatic carbocycles. The van der Waals surface area contributed by atoms with Crippen LogP contribution in [0.1, 0.15) is 36.0 Å². The van der Waals surface area contributed by atoms with Crippen molar-refractivity contribution < 1.29 is 9.18 Å². The lowest BCUT2D eigenvalue weighted by Crippen LogP contribution is -2.20. The van der Waals surface area contributed by atoms with Gasteiger partial charge in [0, 0.05) is 11.8 Å². The van der Waals surface area contributed by atoms with Crippen molar-refractivity contribution in [3.05, 3.63) is 35.6 Å². The molecule has 3 nitrogen and oxygen atoms in total. The van der Waals surface area contributed by atoms with Crippen molar-refractivity contribution in [1.82, 2.24) is 5.43 Å². The van der Waals surface area contributed by atoms with E-state index in [4.69, 9.17) is 0 Å². The highest BCUT2D eigenvalue weighted by Crippen LogP contribution is 2.47. The topological polar surface area (TPSA) is 41.5 Å². The van der Waals surface area contributed by atoms with Crippen molar-refractivity contribution in [2.24, 2.45) is 22.9 Å². The van der Waals surface area contributed by atoms with Gasteiger partial charge in [0.15, 0.2) is 0 Å². The molecule has 3 rings (SSSR count). The van der Waals surface area contributed by atoms with Crippen molar-refractivity contribution in [1.29, 1.82) is 0 Å². The third-order valence-electron chi connectivity index (χ3n) is 4.33. The highest BCUT2D eigenvalue weighted by Gasteiger charge is 2.38. The Hall–Kier alpha value is -1.71. The molecular formula is C15H17FN2O. The summed E-state index contributed by atoms with van der Waals surface area (Å²) in [6, 6.07) is 5.46. The molecule has 0 spiro atoms. The lowest BCUT2D eigenvalue weighted by atomic mass is 9.90. The van der Waals surface area contributed by atoms with Gasteiger partial charge in [0.1, 0.15) is 5.82 Å². The van der Waals surface area contributed by atoms with Crippen LogP contribution in [0.2, 0.25) is 0 Å². The number of benzene rings is 1. The van der Waals surface area contributed by atoms with Crippen LogP contribution in [0, 0.1) is 23.6 Å². The Labute approximate surface area is 111 Å². The summed E-state index contributed by atoms with van der Waals surface area (Å²) >= 11 is 0. The third kappa shape index (κ3) is 2.67. The van der Waals surface area contributed by atoms with Crippen LogP contribution in [0.5, 0.6) is 0 Å². The Balaban J connectivity index is 1.54. The van der Waals surface area contributed by atoms with Crippen molar-refractivity contribution in [2.45, 2.75) is 25.7 Å². The minimum atomic E-state index is -0.345. The summed E-state index contributed by atoms with van der Waals surface area (Å²) in [6.45, 7) is 0. The van der Waals surface area contributed by atoms with Gasteiger partial charge in [-0.2, -0.15) is 5.10 Å². The van der Waals surface area contributed by atoms with Crippen molar-refractivity contribution in [3.63, 3.8) is 0 Å². The minimum Gasteiger partial charge on any atom is -0.267 e. The largest absolute Gasteiger partial charge is 0.271 e. The summed E-state index contributed by atoms with van der Waals surface area (Å²) in [5.74, 6) is 1.51. The average molecular weight is 260 g/mol. The molecule has 19 heavy (non-hydrogen) atoms. The van der Waals surface area contributed by atoms with Gasteiger partial charge in [-0.05, 0) is 61.3 Å². The fraction of sp³-hybridized carbons (Fsp3) is 0.467. The summed E-state index contributed by atoms with van der Waals surface area (Å²) in [5, 5.41) is 4.05. The van der Waals surface area contributed by atoms with Gasteiger partial charge in [0.25, 0.3) is 5.91 Å². The van der Waals surface area contributed by atoms with E-state index < -0.39 is 0 Å². The van der Waals surface area contributed by atoms with Gasteiger partial charge in [-0.15, -0.1) is 0 Å². The monoisotopic (exact) mass is 260 g/mol. The van der Waals surface area contributed by atoms with E-state index in [-0.39, 0.29) is 11.7 Å². The van der Waals surface area contributed by atoms with Crippen molar-refractivity contribution in [3.8, 4) is 0 Å². The van der Waals surface area contributed by atoms with Gasteiger partial charge in [-0.3, -0.25) is 4.79 Å². The van der Waals surface area contributed by atoms with Crippen LogP contribution in [-0.2, 0) is 0 Å². The maximum Gasteiger partial charge on any atom is 0.271 e. The van der Waals surface area contributed by atoms with Crippen LogP contribution in [0.4, 0.5) is 4.39 Å². The van der Waals surface area contributed by atoms with Crippen LogP contribution in [0.25, 0.3) is 0 Å². The van der Waals surface area contributed by atoms with E-state index in [2.05, 4.69) is 10.5 Å². The molecule has 100 valence electrons. The smallest absolute Gasteiger partial charge is 0.267 e. The van der Waals surface area contributed by atoms with E-state index in [1.165, 1.54) is 49.9 Å². The predicted molar refractivity (Wildman–Crippen MR) is 71.3 cm³/mol. The number of carbonyl (C=O) groups excluding carboxylic acids is 1. The van der Waals surface area contributed by atoms with Crippen molar-refractivity contribution in [2.75, 3.05) is 0 Å². The first-order chi connectivity index (χ1) is 9.22. The number of nitrogens with one attached hydrogen (secondary N) is 1. The zero-order chi connectivity index (χ0) is 13.2. The number of hydrazone groups is 1. The quantitative estimate of drug-likeness (QED) is 0.659. The van der Waals surface area contributed by atoms with Gasteiger partial charge in [0.05, 0.1) is 0 Å². The fourth-order valence-electron chi connectivity index (χ4n) is 3.33. The molecule has 3 unspecified atom stereocenters. The number of halogens is 1. The molecule has 1 aromatic rings. The van der Waals surface area contributed by atoms with Gasteiger partial charge in [0.2, 0.25) is 0 Å². The van der Waals surface area contributed by atoms with Crippen LogP contribution >= 0.6 is 0 Å². The number of hydrogen-bond acceptors (Lipinski definition) is 2. The van der Waals surface area contributed by atoms with Gasteiger partial charge in [-0.1, -0.05) is 6.42 Å². The highest BCUT2D eigenvalue weighted by molar-refractivity contribution is 5.94. The van der Waals surface area contributed by atoms with E-state index in [9.17, 15) is 9.18 Å². The number of fused-ring (bicyclic) bond motifs is 2. The first kappa shape index (κ1) is 12.3. The SMILES string of the molecule is O=C(N/N=C/C1CC2CCC1C2)c1ccc(F)cc1. The Morgan fingerprint density at radius 2 is 2.05 bits per heavy atom. The average Bonchev–Trinajstić information content (AvgIpc) is 3.02. The maximum absolute atomic E-state index is 12.7. The molecular weight excluding hydrogens is 243 g/mol. The zero-order valence-electron chi connectivity index (χ0n) is 10.7. The molecule has 0 aromatic heterocycles. The summed E-state index contributed by atoms with van der Waals surface area (Å²) in [7, 11) is 0. The second kappa shape index (κ2) is 5.11. The van der Waals surface area contributed by atoms with Crippen LogP contribution in [-0.4, -0.2) is 12.1 Å². The molecule has 1 aromatic carbocycles. The number of hydrogen-bond donors (Lipinski definition) is 1. The molecule has 2 aliphatic rings. The molecule has 0 heterocycles. The summed E-state index contributed by atoms with van der Waals surface area (Å²) in [4.78, 5) is 11.7. The first-order valence-corrected chi connectivity index (χ1v) is 6.81. The number of carbonyl (C=O) groups is 1. The highest BCUT2D eigenvalue weighted by atomic mass is 19.1. The third-order valence-corrected chi connectivity index (χ3v) is 4.33. The van der Waals surface area contributed by atoms with E-state index in [1.807, 2.05) is 6.21 Å². The second-order valence-corrected chi connectivity index (χ2v) is 5.56. The molecule has 2 fully saturated rings. The fourth-order valence-corrected chi connectivity index (χ4v) is 3.33. The first-order valence-electron chi connectivity index (χ1n) is 6.81. The number of nitrogens with zero attached hydrogens (tertiary/aromatic N) is 1. The molecule has 0 saturated heterocycles. The Morgan fingerprint density at radius 1 is 1.26 bits per heavy atom. The van der Waals surface area contributed by atoms with Crippen LogP contribution in [0.3, 0.4) is 0 Å². The number of amides is 1. The summed E-state index contributed by atoms with van der Waals surface area (Å²) in [6.07, 6.45) is 7.07. The van der Waals surface area contributed by atoms with E-state index >= 15 is 0 Å². The molecule has 0 aliphatic heterocycles. The lowest BCUT2D eigenvalue weighted by Gasteiger charge is -2.16. The van der Waals surface area contributed by atoms with Crippen molar-refractivity contribution >= 4 is 12.1 Å². The molecule has 1 amide bonds. The molecule has 2 bridgehead atoms. The predicted octanol–water partition coefficient (Wildman–Crippen LogP) is 2.98. The van der Waals surface area contributed by atoms with E-state index in [1.54, 1.807) is 0 Å². The lowest BCUT2D eigenvalue weighted by molar-refractivity contribution is 0.0955. The summed E-state index contributed by atoms with van der Waals surface area (Å²) < 4.78 is 12.7. The number of rotatable bonds is 3.